The van der Waals surface area contributed by atoms with E-state index in [9.17, 15) is 4.79 Å². The van der Waals surface area contributed by atoms with Crippen LogP contribution in [0.1, 0.15) is 63.4 Å². The molecule has 116 valence electrons. The van der Waals surface area contributed by atoms with Crippen LogP contribution in [0.25, 0.3) is 0 Å². The zero-order valence-corrected chi connectivity index (χ0v) is 13.8. The number of nitrogens with zero attached hydrogens (tertiary/aromatic N) is 1. The van der Waals surface area contributed by atoms with E-state index in [-0.39, 0.29) is 11.4 Å². The summed E-state index contributed by atoms with van der Waals surface area (Å²) in [4.78, 5) is 16.2. The Kier molecular flexibility index (Phi) is 4.67. The van der Waals surface area contributed by atoms with Crippen molar-refractivity contribution >= 4 is 5.91 Å². The first-order chi connectivity index (χ1) is 9.79. The Morgan fingerprint density at radius 2 is 2.14 bits per heavy atom. The molecule has 2 rings (SSSR count). The molecule has 1 aromatic heterocycles. The minimum absolute atomic E-state index is 0.150. The minimum atomic E-state index is -0.200. The van der Waals surface area contributed by atoms with E-state index in [0.29, 0.717) is 18.4 Å². The summed E-state index contributed by atoms with van der Waals surface area (Å²) in [6.07, 6.45) is 1.49. The van der Waals surface area contributed by atoms with Crippen molar-refractivity contribution in [2.45, 2.75) is 71.5 Å². The van der Waals surface area contributed by atoms with Gasteiger partial charge < -0.3 is 10.6 Å². The van der Waals surface area contributed by atoms with Crippen molar-refractivity contribution in [2.24, 2.45) is 0 Å². The third kappa shape index (κ3) is 3.82. The molecule has 1 amide bonds. The first-order valence-electron chi connectivity index (χ1n) is 7.80. The summed E-state index contributed by atoms with van der Waals surface area (Å²) >= 11 is 0. The molecule has 2 N–H and O–H groups in total. The summed E-state index contributed by atoms with van der Waals surface area (Å²) in [5.74, 6) is 0.607. The summed E-state index contributed by atoms with van der Waals surface area (Å²) in [6.45, 7) is 11.3. The van der Waals surface area contributed by atoms with Gasteiger partial charge in [-0.15, -0.1) is 0 Å². The fraction of sp³-hybridized carbons (Fsp3) is 0.647. The number of aromatic nitrogens is 1. The monoisotopic (exact) mass is 289 g/mol. The largest absolute Gasteiger partial charge is 0.350 e. The zero-order chi connectivity index (χ0) is 15.6. The molecule has 1 fully saturated rings. The summed E-state index contributed by atoms with van der Waals surface area (Å²) in [7, 11) is 0. The van der Waals surface area contributed by atoms with Gasteiger partial charge in [0.25, 0.3) is 0 Å². The third-order valence-electron chi connectivity index (χ3n) is 4.34. The predicted molar refractivity (Wildman–Crippen MR) is 85.1 cm³/mol. The highest BCUT2D eigenvalue weighted by molar-refractivity contribution is 5.77. The van der Waals surface area contributed by atoms with Gasteiger partial charge in [-0.25, -0.2) is 0 Å². The van der Waals surface area contributed by atoms with Gasteiger partial charge in [0.15, 0.2) is 0 Å². The molecule has 0 bridgehead atoms. The van der Waals surface area contributed by atoms with Crippen molar-refractivity contribution in [1.29, 1.82) is 0 Å². The SMILES string of the molecule is Cc1nc(C(C)C)ccc1CNC1CCC(=O)NC1(C)C. The second kappa shape index (κ2) is 6.14. The molecule has 1 aromatic rings. The average molecular weight is 289 g/mol. The predicted octanol–water partition coefficient (Wildman–Crippen LogP) is 2.66. The van der Waals surface area contributed by atoms with E-state index >= 15 is 0 Å². The van der Waals surface area contributed by atoms with Crippen LogP contribution in [0.5, 0.6) is 0 Å². The number of carbonyl (C=O) groups is 1. The highest BCUT2D eigenvalue weighted by Crippen LogP contribution is 2.21. The Balaban J connectivity index is 2.01. The molecule has 0 saturated carbocycles. The molecule has 0 aromatic carbocycles. The van der Waals surface area contributed by atoms with E-state index in [0.717, 1.165) is 24.4 Å². The second-order valence-corrected chi connectivity index (χ2v) is 6.88. The maximum absolute atomic E-state index is 11.5. The van der Waals surface area contributed by atoms with Gasteiger partial charge in [0.1, 0.15) is 0 Å². The second-order valence-electron chi connectivity index (χ2n) is 6.88. The first kappa shape index (κ1) is 16.0. The molecule has 0 aliphatic carbocycles. The van der Waals surface area contributed by atoms with Gasteiger partial charge in [0, 0.05) is 35.9 Å². The molecule has 0 radical (unpaired) electrons. The number of hydrogen-bond donors (Lipinski definition) is 2. The van der Waals surface area contributed by atoms with Crippen LogP contribution in [-0.4, -0.2) is 22.5 Å². The number of amides is 1. The van der Waals surface area contributed by atoms with Gasteiger partial charge in [0.05, 0.1) is 0 Å². The van der Waals surface area contributed by atoms with Gasteiger partial charge >= 0.3 is 0 Å². The summed E-state index contributed by atoms with van der Waals surface area (Å²) in [5, 5.41) is 6.65. The molecule has 1 unspecified atom stereocenters. The molecule has 1 saturated heterocycles. The Bertz CT molecular complexity index is 523. The van der Waals surface area contributed by atoms with Crippen LogP contribution < -0.4 is 10.6 Å². The number of nitrogens with one attached hydrogen (secondary N) is 2. The Morgan fingerprint density at radius 3 is 2.71 bits per heavy atom. The lowest BCUT2D eigenvalue weighted by Gasteiger charge is -2.39. The van der Waals surface area contributed by atoms with Crippen LogP contribution in [0, 0.1) is 6.92 Å². The summed E-state index contributed by atoms with van der Waals surface area (Å²) < 4.78 is 0. The van der Waals surface area contributed by atoms with Gasteiger partial charge in [-0.3, -0.25) is 9.78 Å². The van der Waals surface area contributed by atoms with Gasteiger partial charge in [-0.05, 0) is 44.7 Å². The lowest BCUT2D eigenvalue weighted by molar-refractivity contribution is -0.125. The normalized spacial score (nSPS) is 21.4. The number of piperidine rings is 1. The summed E-state index contributed by atoms with van der Waals surface area (Å²) in [5.41, 5.74) is 3.26. The molecule has 1 atom stereocenters. The Morgan fingerprint density at radius 1 is 1.43 bits per heavy atom. The topological polar surface area (TPSA) is 54.0 Å². The van der Waals surface area contributed by atoms with Crippen molar-refractivity contribution < 1.29 is 4.79 Å². The lowest BCUT2D eigenvalue weighted by Crippen LogP contribution is -2.60. The van der Waals surface area contributed by atoms with E-state index in [1.54, 1.807) is 0 Å². The maximum atomic E-state index is 11.5. The van der Waals surface area contributed by atoms with Crippen molar-refractivity contribution in [2.75, 3.05) is 0 Å². The molecule has 1 aliphatic heterocycles. The lowest BCUT2D eigenvalue weighted by atomic mass is 9.86. The third-order valence-corrected chi connectivity index (χ3v) is 4.34. The van der Waals surface area contributed by atoms with Gasteiger partial charge in [-0.1, -0.05) is 19.9 Å². The van der Waals surface area contributed by atoms with Crippen LogP contribution >= 0.6 is 0 Å². The number of pyridine rings is 1. The maximum Gasteiger partial charge on any atom is 0.220 e. The first-order valence-corrected chi connectivity index (χ1v) is 7.80. The minimum Gasteiger partial charge on any atom is -0.350 e. The van der Waals surface area contributed by atoms with Crippen LogP contribution in [0.4, 0.5) is 0 Å². The number of rotatable bonds is 4. The van der Waals surface area contributed by atoms with Gasteiger partial charge in [0.2, 0.25) is 5.91 Å². The van der Waals surface area contributed by atoms with Crippen molar-refractivity contribution in [3.63, 3.8) is 0 Å². The quantitative estimate of drug-likeness (QED) is 0.896. The van der Waals surface area contributed by atoms with E-state index in [2.05, 4.69) is 62.4 Å². The van der Waals surface area contributed by atoms with E-state index in [1.807, 2.05) is 0 Å². The number of carbonyl (C=O) groups excluding carboxylic acids is 1. The van der Waals surface area contributed by atoms with Crippen LogP contribution in [-0.2, 0) is 11.3 Å². The Hall–Kier alpha value is -1.42. The fourth-order valence-corrected chi connectivity index (χ4v) is 2.85. The smallest absolute Gasteiger partial charge is 0.220 e. The van der Waals surface area contributed by atoms with E-state index in [4.69, 9.17) is 0 Å². The number of aryl methyl sites for hydroxylation is 1. The molecule has 4 heteroatoms. The average Bonchev–Trinajstić information content (AvgIpc) is 2.37. The molecule has 0 spiro atoms. The summed E-state index contributed by atoms with van der Waals surface area (Å²) in [6, 6.07) is 4.57. The molecule has 1 aliphatic rings. The number of hydrogen-bond acceptors (Lipinski definition) is 3. The highest BCUT2D eigenvalue weighted by Gasteiger charge is 2.34. The van der Waals surface area contributed by atoms with Crippen LogP contribution in [0.15, 0.2) is 12.1 Å². The zero-order valence-electron chi connectivity index (χ0n) is 13.8. The molecule has 4 nitrogen and oxygen atoms in total. The van der Waals surface area contributed by atoms with Crippen LogP contribution in [0.2, 0.25) is 0 Å². The van der Waals surface area contributed by atoms with Crippen molar-refractivity contribution in [1.82, 2.24) is 15.6 Å². The fourth-order valence-electron chi connectivity index (χ4n) is 2.85. The molecular weight excluding hydrogens is 262 g/mol. The van der Waals surface area contributed by atoms with Crippen molar-refractivity contribution in [3.05, 3.63) is 29.1 Å². The molecule has 21 heavy (non-hydrogen) atoms. The van der Waals surface area contributed by atoms with Gasteiger partial charge in [-0.2, -0.15) is 0 Å². The molecule has 2 heterocycles. The van der Waals surface area contributed by atoms with Crippen LogP contribution in [0.3, 0.4) is 0 Å². The van der Waals surface area contributed by atoms with E-state index < -0.39 is 0 Å². The van der Waals surface area contributed by atoms with E-state index in [1.165, 1.54) is 5.56 Å². The standard InChI is InChI=1S/C17H27N3O/c1-11(2)14-7-6-13(12(3)19-14)10-18-15-8-9-16(21)20-17(15,4)5/h6-7,11,15,18H,8-10H2,1-5H3,(H,20,21). The molecular formula is C17H27N3O. The Labute approximate surface area is 127 Å². The van der Waals surface area contributed by atoms with Crippen molar-refractivity contribution in [3.8, 4) is 0 Å². The highest BCUT2D eigenvalue weighted by atomic mass is 16.1.